The largest absolute Gasteiger partial charge is 0.453 e. The Morgan fingerprint density at radius 1 is 1.08 bits per heavy atom. The SMILES string of the molecule is CCCN(C(=O)[C@@H](NC(=O)OC)C(C)C)[C@H](C)c1nc(-c2ccc(-c3ccc4ncoc4c3)cc2)c[nH]1. The van der Waals surface area contributed by atoms with Crippen LogP contribution in [0.2, 0.25) is 0 Å². The molecule has 2 aromatic heterocycles. The number of methoxy groups -OCH3 is 1. The van der Waals surface area contributed by atoms with E-state index in [0.29, 0.717) is 12.4 Å². The quantitative estimate of drug-likeness (QED) is 0.309. The van der Waals surface area contributed by atoms with Gasteiger partial charge in [0.1, 0.15) is 17.4 Å². The topological polar surface area (TPSA) is 113 Å². The molecule has 0 fully saturated rings. The smallest absolute Gasteiger partial charge is 0.407 e. The second-order valence-corrected chi connectivity index (χ2v) is 9.35. The number of hydrogen-bond acceptors (Lipinski definition) is 6. The van der Waals surface area contributed by atoms with Crippen molar-refractivity contribution in [1.82, 2.24) is 25.2 Å². The van der Waals surface area contributed by atoms with E-state index in [1.165, 1.54) is 13.5 Å². The molecule has 0 aliphatic rings. The molecule has 2 heterocycles. The highest BCUT2D eigenvalue weighted by Gasteiger charge is 2.32. The zero-order valence-corrected chi connectivity index (χ0v) is 21.8. The molecule has 2 N–H and O–H groups in total. The standard InChI is InChI=1S/C28H33N5O4/c1-6-13-33(27(34)25(17(2)3)32-28(35)36-5)18(4)26-29-15-23(31-26)20-9-7-19(8-10-20)21-11-12-22-24(14-21)37-16-30-22/h7-12,14-18,25H,6,13H2,1-5H3,(H,29,31)(H,32,35)/t18-,25+/m1/s1. The summed E-state index contributed by atoms with van der Waals surface area (Å²) in [6, 6.07) is 13.1. The Bertz CT molecular complexity index is 1360. The van der Waals surface area contributed by atoms with Gasteiger partial charge < -0.3 is 24.4 Å². The number of fused-ring (bicyclic) bond motifs is 1. The zero-order valence-electron chi connectivity index (χ0n) is 21.8. The van der Waals surface area contributed by atoms with Crippen LogP contribution in [0, 0.1) is 5.92 Å². The highest BCUT2D eigenvalue weighted by molar-refractivity contribution is 5.86. The van der Waals surface area contributed by atoms with Gasteiger partial charge in [-0.05, 0) is 42.5 Å². The highest BCUT2D eigenvalue weighted by Crippen LogP contribution is 2.28. The van der Waals surface area contributed by atoms with E-state index in [9.17, 15) is 9.59 Å². The Morgan fingerprint density at radius 3 is 2.46 bits per heavy atom. The van der Waals surface area contributed by atoms with Gasteiger partial charge in [0.25, 0.3) is 0 Å². The maximum absolute atomic E-state index is 13.5. The second kappa shape index (κ2) is 11.3. The molecule has 0 saturated carbocycles. The molecule has 4 rings (SSSR count). The first kappa shape index (κ1) is 25.9. The minimum Gasteiger partial charge on any atom is -0.453 e. The number of ether oxygens (including phenoxy) is 1. The molecule has 0 aliphatic heterocycles. The number of rotatable bonds is 9. The van der Waals surface area contributed by atoms with Crippen LogP contribution in [0.3, 0.4) is 0 Å². The summed E-state index contributed by atoms with van der Waals surface area (Å²) in [5, 5.41) is 2.68. The Balaban J connectivity index is 1.53. The van der Waals surface area contributed by atoms with E-state index in [1.807, 2.05) is 76.4 Å². The number of aromatic amines is 1. The Hall–Kier alpha value is -4.14. The Kier molecular flexibility index (Phi) is 7.91. The summed E-state index contributed by atoms with van der Waals surface area (Å²) in [6.07, 6.45) is 3.44. The molecule has 0 saturated heterocycles. The van der Waals surface area contributed by atoms with E-state index in [1.54, 1.807) is 4.90 Å². The van der Waals surface area contributed by atoms with Gasteiger partial charge in [0.15, 0.2) is 12.0 Å². The van der Waals surface area contributed by atoms with E-state index >= 15 is 0 Å². The molecule has 2 amide bonds. The van der Waals surface area contributed by atoms with Crippen LogP contribution < -0.4 is 5.32 Å². The second-order valence-electron chi connectivity index (χ2n) is 9.35. The summed E-state index contributed by atoms with van der Waals surface area (Å²) < 4.78 is 10.1. The maximum atomic E-state index is 13.5. The van der Waals surface area contributed by atoms with Gasteiger partial charge in [-0.25, -0.2) is 14.8 Å². The molecule has 9 nitrogen and oxygen atoms in total. The summed E-state index contributed by atoms with van der Waals surface area (Å²) in [6.45, 7) is 8.28. The van der Waals surface area contributed by atoms with Crippen LogP contribution in [0.15, 0.2) is 59.5 Å². The number of imidazole rings is 1. The third kappa shape index (κ3) is 5.66. The molecule has 2 aromatic carbocycles. The monoisotopic (exact) mass is 503 g/mol. The van der Waals surface area contributed by atoms with E-state index in [4.69, 9.17) is 14.1 Å². The fourth-order valence-corrected chi connectivity index (χ4v) is 4.33. The number of H-pyrrole nitrogens is 1. The van der Waals surface area contributed by atoms with Crippen molar-refractivity contribution in [3.05, 3.63) is 60.9 Å². The third-order valence-corrected chi connectivity index (χ3v) is 6.45. The lowest BCUT2D eigenvalue weighted by Gasteiger charge is -2.33. The van der Waals surface area contributed by atoms with Crippen molar-refractivity contribution in [3.63, 3.8) is 0 Å². The molecule has 0 unspecified atom stereocenters. The number of nitrogens with zero attached hydrogens (tertiary/aromatic N) is 3. The fourth-order valence-electron chi connectivity index (χ4n) is 4.33. The molecule has 0 bridgehead atoms. The van der Waals surface area contributed by atoms with E-state index in [-0.39, 0.29) is 17.9 Å². The van der Waals surface area contributed by atoms with Crippen molar-refractivity contribution >= 4 is 23.1 Å². The lowest BCUT2D eigenvalue weighted by Crippen LogP contribution is -2.52. The lowest BCUT2D eigenvalue weighted by molar-refractivity contribution is -0.136. The summed E-state index contributed by atoms with van der Waals surface area (Å²) in [7, 11) is 1.29. The first-order chi connectivity index (χ1) is 17.8. The van der Waals surface area contributed by atoms with Crippen LogP contribution in [0.25, 0.3) is 33.5 Å². The van der Waals surface area contributed by atoms with E-state index in [0.717, 1.165) is 39.9 Å². The predicted molar refractivity (Wildman–Crippen MR) is 142 cm³/mol. The van der Waals surface area contributed by atoms with Gasteiger partial charge in [-0.3, -0.25) is 4.79 Å². The zero-order chi connectivity index (χ0) is 26.5. The normalized spacial score (nSPS) is 12.9. The minimum atomic E-state index is -0.695. The number of carbonyl (C=O) groups excluding carboxylic acids is 2. The van der Waals surface area contributed by atoms with Gasteiger partial charge in [-0.1, -0.05) is 51.1 Å². The van der Waals surface area contributed by atoms with Gasteiger partial charge in [-0.15, -0.1) is 0 Å². The number of alkyl carbamates (subject to hydrolysis) is 1. The van der Waals surface area contributed by atoms with Crippen molar-refractivity contribution in [3.8, 4) is 22.4 Å². The molecular weight excluding hydrogens is 470 g/mol. The van der Waals surface area contributed by atoms with Crippen molar-refractivity contribution in [1.29, 1.82) is 0 Å². The number of amides is 2. The van der Waals surface area contributed by atoms with Gasteiger partial charge >= 0.3 is 6.09 Å². The average Bonchev–Trinajstić information content (AvgIpc) is 3.59. The lowest BCUT2D eigenvalue weighted by atomic mass is 10.0. The van der Waals surface area contributed by atoms with Crippen LogP contribution in [0.4, 0.5) is 4.79 Å². The first-order valence-electron chi connectivity index (χ1n) is 12.5. The van der Waals surface area contributed by atoms with E-state index in [2.05, 4.69) is 15.3 Å². The number of nitrogens with one attached hydrogen (secondary N) is 2. The summed E-state index contributed by atoms with van der Waals surface area (Å²) in [4.78, 5) is 39.3. The summed E-state index contributed by atoms with van der Waals surface area (Å²) >= 11 is 0. The molecular formula is C28H33N5O4. The molecule has 0 aliphatic carbocycles. The number of aromatic nitrogens is 3. The molecule has 37 heavy (non-hydrogen) atoms. The van der Waals surface area contributed by atoms with Gasteiger partial charge in [-0.2, -0.15) is 0 Å². The van der Waals surface area contributed by atoms with Crippen LogP contribution in [0.1, 0.15) is 46.0 Å². The van der Waals surface area contributed by atoms with Crippen molar-refractivity contribution in [2.45, 2.75) is 46.2 Å². The first-order valence-corrected chi connectivity index (χ1v) is 12.5. The Labute approximate surface area is 216 Å². The van der Waals surface area contributed by atoms with E-state index < -0.39 is 12.1 Å². The van der Waals surface area contributed by atoms with Gasteiger partial charge in [0, 0.05) is 18.3 Å². The summed E-state index contributed by atoms with van der Waals surface area (Å²) in [5.41, 5.74) is 5.43. The van der Waals surface area contributed by atoms with Crippen molar-refractivity contribution in [2.75, 3.05) is 13.7 Å². The fraction of sp³-hybridized carbons (Fsp3) is 0.357. The van der Waals surface area contributed by atoms with Crippen LogP contribution in [-0.4, -0.2) is 51.5 Å². The van der Waals surface area contributed by atoms with Crippen LogP contribution in [-0.2, 0) is 9.53 Å². The molecule has 0 spiro atoms. The van der Waals surface area contributed by atoms with Crippen molar-refractivity contribution in [2.24, 2.45) is 5.92 Å². The third-order valence-electron chi connectivity index (χ3n) is 6.45. The molecule has 0 radical (unpaired) electrons. The van der Waals surface area contributed by atoms with Gasteiger partial charge in [0.2, 0.25) is 5.91 Å². The summed E-state index contributed by atoms with van der Waals surface area (Å²) in [5.74, 6) is 0.409. The predicted octanol–water partition coefficient (Wildman–Crippen LogP) is 5.57. The molecule has 9 heteroatoms. The number of carbonyl (C=O) groups is 2. The number of benzene rings is 2. The van der Waals surface area contributed by atoms with Gasteiger partial charge in [0.05, 0.1) is 18.8 Å². The van der Waals surface area contributed by atoms with Crippen LogP contribution >= 0.6 is 0 Å². The molecule has 2 atom stereocenters. The molecule has 194 valence electrons. The molecule has 4 aromatic rings. The highest BCUT2D eigenvalue weighted by atomic mass is 16.5. The van der Waals surface area contributed by atoms with Crippen molar-refractivity contribution < 1.29 is 18.7 Å². The number of oxazole rings is 1. The Morgan fingerprint density at radius 2 is 1.78 bits per heavy atom. The number of hydrogen-bond donors (Lipinski definition) is 2. The minimum absolute atomic E-state index is 0.103. The van der Waals surface area contributed by atoms with Crippen LogP contribution in [0.5, 0.6) is 0 Å². The average molecular weight is 504 g/mol. The maximum Gasteiger partial charge on any atom is 0.407 e.